The highest BCUT2D eigenvalue weighted by Gasteiger charge is 2.36. The molecule has 0 aromatic heterocycles. The maximum atomic E-state index is 12.3. The summed E-state index contributed by atoms with van der Waals surface area (Å²) in [6, 6.07) is 5.39. The van der Waals surface area contributed by atoms with E-state index in [4.69, 9.17) is 11.6 Å². The van der Waals surface area contributed by atoms with Gasteiger partial charge in [0.2, 0.25) is 5.91 Å². The molecule has 0 N–H and O–H groups in total. The molecule has 1 heterocycles. The van der Waals surface area contributed by atoms with Crippen molar-refractivity contribution in [1.29, 1.82) is 0 Å². The Morgan fingerprint density at radius 2 is 1.78 bits per heavy atom. The lowest BCUT2D eigenvalue weighted by Gasteiger charge is -2.18. The van der Waals surface area contributed by atoms with Gasteiger partial charge >= 0.3 is 6.03 Å². The number of carbonyl (C=O) groups excluding carboxylic acids is 2. The molecule has 1 saturated heterocycles. The van der Waals surface area contributed by atoms with Crippen LogP contribution in [0.2, 0.25) is 5.02 Å². The standard InChI is InChI=1S/C15H19ClN2O4S/c1-11(2)9-17-10-14(19)18(15(17)20)7-8-23(21,22)13-5-3-12(16)4-6-13/h3-6,11H,7-10H2,1-2H3. The van der Waals surface area contributed by atoms with Crippen LogP contribution in [-0.4, -0.2) is 55.5 Å². The first-order chi connectivity index (χ1) is 10.7. The zero-order valence-electron chi connectivity index (χ0n) is 13.0. The minimum atomic E-state index is -3.58. The highest BCUT2D eigenvalue weighted by atomic mass is 35.5. The van der Waals surface area contributed by atoms with E-state index in [-0.39, 0.29) is 35.6 Å². The van der Waals surface area contributed by atoms with Gasteiger partial charge in [0.15, 0.2) is 9.84 Å². The maximum absolute atomic E-state index is 12.3. The number of urea groups is 1. The lowest BCUT2D eigenvalue weighted by Crippen LogP contribution is -2.37. The summed E-state index contributed by atoms with van der Waals surface area (Å²) in [5.41, 5.74) is 0. The van der Waals surface area contributed by atoms with Crippen LogP contribution in [0.15, 0.2) is 29.2 Å². The monoisotopic (exact) mass is 358 g/mol. The minimum absolute atomic E-state index is 0.0119. The van der Waals surface area contributed by atoms with Crippen LogP contribution < -0.4 is 0 Å². The largest absolute Gasteiger partial charge is 0.327 e. The number of rotatable bonds is 6. The van der Waals surface area contributed by atoms with Crippen molar-refractivity contribution in [2.45, 2.75) is 18.7 Å². The van der Waals surface area contributed by atoms with E-state index in [1.54, 1.807) is 0 Å². The first-order valence-electron chi connectivity index (χ1n) is 7.28. The summed E-state index contributed by atoms with van der Waals surface area (Å²) in [5.74, 6) is -0.423. The molecule has 3 amide bonds. The van der Waals surface area contributed by atoms with Crippen LogP contribution in [0.5, 0.6) is 0 Å². The van der Waals surface area contributed by atoms with Crippen LogP contribution in [0.1, 0.15) is 13.8 Å². The molecule has 1 aliphatic heterocycles. The van der Waals surface area contributed by atoms with Gasteiger partial charge in [0.05, 0.1) is 10.6 Å². The molecule has 1 fully saturated rings. The SMILES string of the molecule is CC(C)CN1CC(=O)N(CCS(=O)(=O)c2ccc(Cl)cc2)C1=O. The number of hydrogen-bond donors (Lipinski definition) is 0. The Balaban J connectivity index is 2.04. The van der Waals surface area contributed by atoms with Gasteiger partial charge < -0.3 is 4.90 Å². The minimum Gasteiger partial charge on any atom is -0.315 e. The Kier molecular flexibility index (Phi) is 5.31. The zero-order chi connectivity index (χ0) is 17.2. The van der Waals surface area contributed by atoms with Gasteiger partial charge in [0.25, 0.3) is 0 Å². The van der Waals surface area contributed by atoms with Crippen LogP contribution in [0, 0.1) is 5.92 Å². The number of imide groups is 1. The smallest absolute Gasteiger partial charge is 0.315 e. The molecular weight excluding hydrogens is 340 g/mol. The number of amides is 3. The fraction of sp³-hybridized carbons (Fsp3) is 0.467. The van der Waals surface area contributed by atoms with Crippen LogP contribution in [0.25, 0.3) is 0 Å². The van der Waals surface area contributed by atoms with E-state index in [1.807, 2.05) is 13.8 Å². The van der Waals surface area contributed by atoms with Gasteiger partial charge in [0.1, 0.15) is 6.54 Å². The lowest BCUT2D eigenvalue weighted by atomic mass is 10.2. The van der Waals surface area contributed by atoms with Crippen LogP contribution >= 0.6 is 11.6 Å². The Bertz CT molecular complexity index is 701. The third kappa shape index (κ3) is 4.23. The van der Waals surface area contributed by atoms with E-state index in [1.165, 1.54) is 29.2 Å². The molecule has 0 spiro atoms. The number of nitrogens with zero attached hydrogens (tertiary/aromatic N) is 2. The third-order valence-electron chi connectivity index (χ3n) is 3.47. The first-order valence-corrected chi connectivity index (χ1v) is 9.31. The van der Waals surface area contributed by atoms with Crippen molar-refractivity contribution in [1.82, 2.24) is 9.80 Å². The number of benzene rings is 1. The summed E-state index contributed by atoms with van der Waals surface area (Å²) >= 11 is 5.74. The van der Waals surface area contributed by atoms with Crippen molar-refractivity contribution < 1.29 is 18.0 Å². The second kappa shape index (κ2) is 6.88. The topological polar surface area (TPSA) is 74.8 Å². The van der Waals surface area contributed by atoms with Gasteiger partial charge in [-0.2, -0.15) is 0 Å². The van der Waals surface area contributed by atoms with Gasteiger partial charge in [-0.15, -0.1) is 0 Å². The molecule has 0 bridgehead atoms. The summed E-state index contributed by atoms with van der Waals surface area (Å²) in [6.45, 7) is 4.25. The Labute approximate surface area is 140 Å². The highest BCUT2D eigenvalue weighted by Crippen LogP contribution is 2.17. The molecule has 126 valence electrons. The van der Waals surface area contributed by atoms with E-state index in [0.29, 0.717) is 11.6 Å². The van der Waals surface area contributed by atoms with Gasteiger partial charge in [-0.25, -0.2) is 13.2 Å². The molecule has 0 saturated carbocycles. The third-order valence-corrected chi connectivity index (χ3v) is 5.43. The lowest BCUT2D eigenvalue weighted by molar-refractivity contribution is -0.125. The van der Waals surface area contributed by atoms with Crippen molar-refractivity contribution >= 4 is 33.4 Å². The fourth-order valence-electron chi connectivity index (χ4n) is 2.37. The van der Waals surface area contributed by atoms with Crippen molar-refractivity contribution in [2.75, 3.05) is 25.4 Å². The summed E-state index contributed by atoms with van der Waals surface area (Å²) < 4.78 is 24.5. The molecule has 23 heavy (non-hydrogen) atoms. The van der Waals surface area contributed by atoms with Gasteiger partial charge in [-0.1, -0.05) is 25.4 Å². The van der Waals surface area contributed by atoms with Gasteiger partial charge in [0, 0.05) is 18.1 Å². The second-order valence-electron chi connectivity index (χ2n) is 5.88. The summed E-state index contributed by atoms with van der Waals surface area (Å²) in [5, 5.41) is 0.443. The van der Waals surface area contributed by atoms with Crippen LogP contribution in [-0.2, 0) is 14.6 Å². The van der Waals surface area contributed by atoms with E-state index >= 15 is 0 Å². The summed E-state index contributed by atoms with van der Waals surface area (Å²) in [4.78, 5) is 26.7. The molecule has 1 aliphatic rings. The molecule has 1 aromatic carbocycles. The van der Waals surface area contributed by atoms with Gasteiger partial charge in [-0.3, -0.25) is 9.69 Å². The predicted octanol–water partition coefficient (Wildman–Crippen LogP) is 2.03. The van der Waals surface area contributed by atoms with Gasteiger partial charge in [-0.05, 0) is 30.2 Å². The van der Waals surface area contributed by atoms with E-state index in [9.17, 15) is 18.0 Å². The average Bonchev–Trinajstić information content (AvgIpc) is 2.71. The number of halogens is 1. The maximum Gasteiger partial charge on any atom is 0.327 e. The molecule has 0 unspecified atom stereocenters. The predicted molar refractivity (Wildman–Crippen MR) is 87.0 cm³/mol. The number of hydrogen-bond acceptors (Lipinski definition) is 4. The molecule has 0 aliphatic carbocycles. The zero-order valence-corrected chi connectivity index (χ0v) is 14.6. The number of sulfone groups is 1. The molecule has 0 atom stereocenters. The van der Waals surface area contributed by atoms with E-state index in [2.05, 4.69) is 0 Å². The van der Waals surface area contributed by atoms with Crippen LogP contribution in [0.3, 0.4) is 0 Å². The molecule has 1 aromatic rings. The molecule has 6 nitrogen and oxygen atoms in total. The number of carbonyl (C=O) groups is 2. The van der Waals surface area contributed by atoms with E-state index in [0.717, 1.165) is 4.90 Å². The first kappa shape index (κ1) is 17.7. The molecule has 0 radical (unpaired) electrons. The molecule has 8 heteroatoms. The fourth-order valence-corrected chi connectivity index (χ4v) is 3.70. The second-order valence-corrected chi connectivity index (χ2v) is 8.42. The Morgan fingerprint density at radius 3 is 2.35 bits per heavy atom. The normalized spacial score (nSPS) is 15.8. The van der Waals surface area contributed by atoms with Crippen LogP contribution in [0.4, 0.5) is 4.79 Å². The molecule has 2 rings (SSSR count). The van der Waals surface area contributed by atoms with Crippen molar-refractivity contribution in [3.63, 3.8) is 0 Å². The summed E-state index contributed by atoms with van der Waals surface area (Å²) in [7, 11) is -3.58. The Hall–Kier alpha value is -1.60. The van der Waals surface area contributed by atoms with E-state index < -0.39 is 15.9 Å². The van der Waals surface area contributed by atoms with Crippen molar-refractivity contribution in [2.24, 2.45) is 5.92 Å². The van der Waals surface area contributed by atoms with Crippen molar-refractivity contribution in [3.05, 3.63) is 29.3 Å². The highest BCUT2D eigenvalue weighted by molar-refractivity contribution is 7.91. The van der Waals surface area contributed by atoms with Crippen molar-refractivity contribution in [3.8, 4) is 0 Å². The Morgan fingerprint density at radius 1 is 1.17 bits per heavy atom. The summed E-state index contributed by atoms with van der Waals surface area (Å²) in [6.07, 6.45) is 0. The average molecular weight is 359 g/mol. The molecular formula is C15H19ClN2O4S. The quantitative estimate of drug-likeness (QED) is 0.729.